The Labute approximate surface area is 96.1 Å². The molecule has 1 aromatic heterocycles. The standard InChI is InChI=1S/C12H20N2S/c1-13-6-7-14-9-10-3-2-4-12-11(10)5-8-15-12/h5,8,10,13-14H,2-4,6-7,9H2,1H3. The Bertz CT molecular complexity index is 296. The van der Waals surface area contributed by atoms with Gasteiger partial charge in [0, 0.05) is 24.5 Å². The molecule has 0 fully saturated rings. The van der Waals surface area contributed by atoms with Gasteiger partial charge in [-0.25, -0.2) is 0 Å². The van der Waals surface area contributed by atoms with E-state index in [4.69, 9.17) is 0 Å². The van der Waals surface area contributed by atoms with Gasteiger partial charge in [-0.2, -0.15) is 0 Å². The van der Waals surface area contributed by atoms with E-state index in [0.717, 1.165) is 25.6 Å². The largest absolute Gasteiger partial charge is 0.318 e. The highest BCUT2D eigenvalue weighted by Crippen LogP contribution is 2.34. The van der Waals surface area contributed by atoms with Crippen LogP contribution in [0.25, 0.3) is 0 Å². The lowest BCUT2D eigenvalue weighted by molar-refractivity contribution is 0.509. The van der Waals surface area contributed by atoms with Gasteiger partial charge in [-0.05, 0) is 49.2 Å². The first-order valence-electron chi connectivity index (χ1n) is 5.83. The summed E-state index contributed by atoms with van der Waals surface area (Å²) in [6.07, 6.45) is 4.03. The van der Waals surface area contributed by atoms with E-state index in [9.17, 15) is 0 Å². The van der Waals surface area contributed by atoms with E-state index in [2.05, 4.69) is 22.1 Å². The Morgan fingerprint density at radius 2 is 2.40 bits per heavy atom. The Morgan fingerprint density at radius 3 is 3.27 bits per heavy atom. The smallest absolute Gasteiger partial charge is 0.00805 e. The average molecular weight is 224 g/mol. The number of fused-ring (bicyclic) bond motifs is 1. The van der Waals surface area contributed by atoms with Crippen LogP contribution in [0.5, 0.6) is 0 Å². The van der Waals surface area contributed by atoms with E-state index < -0.39 is 0 Å². The van der Waals surface area contributed by atoms with Gasteiger partial charge < -0.3 is 10.6 Å². The van der Waals surface area contributed by atoms with Crippen LogP contribution in [0.3, 0.4) is 0 Å². The van der Waals surface area contributed by atoms with Crippen molar-refractivity contribution < 1.29 is 0 Å². The molecule has 1 atom stereocenters. The van der Waals surface area contributed by atoms with E-state index in [1.165, 1.54) is 19.3 Å². The van der Waals surface area contributed by atoms with Crippen LogP contribution in [-0.2, 0) is 6.42 Å². The third-order valence-corrected chi connectivity index (χ3v) is 4.12. The predicted molar refractivity (Wildman–Crippen MR) is 66.8 cm³/mol. The van der Waals surface area contributed by atoms with Gasteiger partial charge in [-0.1, -0.05) is 0 Å². The van der Waals surface area contributed by atoms with Gasteiger partial charge in [-0.3, -0.25) is 0 Å². The van der Waals surface area contributed by atoms with Gasteiger partial charge in [0.05, 0.1) is 0 Å². The van der Waals surface area contributed by atoms with Gasteiger partial charge >= 0.3 is 0 Å². The molecule has 0 amide bonds. The van der Waals surface area contributed by atoms with Crippen molar-refractivity contribution in [3.63, 3.8) is 0 Å². The molecule has 0 radical (unpaired) electrons. The van der Waals surface area contributed by atoms with Crippen molar-refractivity contribution in [1.82, 2.24) is 10.6 Å². The highest BCUT2D eigenvalue weighted by Gasteiger charge is 2.20. The van der Waals surface area contributed by atoms with Crippen molar-refractivity contribution in [3.05, 3.63) is 21.9 Å². The lowest BCUT2D eigenvalue weighted by Gasteiger charge is -2.22. The third-order valence-electron chi connectivity index (χ3n) is 3.12. The molecular formula is C12H20N2S. The predicted octanol–water partition coefficient (Wildman–Crippen LogP) is 1.98. The zero-order valence-electron chi connectivity index (χ0n) is 9.38. The molecule has 0 spiro atoms. The van der Waals surface area contributed by atoms with Crippen molar-refractivity contribution in [1.29, 1.82) is 0 Å². The number of likely N-dealkylation sites (N-methyl/N-ethyl adjacent to an activating group) is 1. The number of nitrogens with one attached hydrogen (secondary N) is 2. The van der Waals surface area contributed by atoms with E-state index in [1.54, 1.807) is 10.4 Å². The minimum atomic E-state index is 0.761. The highest BCUT2D eigenvalue weighted by atomic mass is 32.1. The van der Waals surface area contributed by atoms with E-state index in [-0.39, 0.29) is 0 Å². The summed E-state index contributed by atoms with van der Waals surface area (Å²) in [5.74, 6) is 0.761. The first-order valence-corrected chi connectivity index (χ1v) is 6.71. The molecule has 84 valence electrons. The van der Waals surface area contributed by atoms with Gasteiger partial charge in [0.15, 0.2) is 0 Å². The molecule has 2 rings (SSSR count). The highest BCUT2D eigenvalue weighted by molar-refractivity contribution is 7.10. The molecular weight excluding hydrogens is 204 g/mol. The molecule has 0 aromatic carbocycles. The van der Waals surface area contributed by atoms with E-state index in [1.807, 2.05) is 18.4 Å². The van der Waals surface area contributed by atoms with Crippen LogP contribution >= 0.6 is 11.3 Å². The van der Waals surface area contributed by atoms with Crippen LogP contribution < -0.4 is 10.6 Å². The molecule has 3 heteroatoms. The second-order valence-corrected chi connectivity index (χ2v) is 5.20. The number of hydrogen-bond donors (Lipinski definition) is 2. The SMILES string of the molecule is CNCCNCC1CCCc2sccc21. The molecule has 1 heterocycles. The van der Waals surface area contributed by atoms with Crippen molar-refractivity contribution in [2.45, 2.75) is 25.2 Å². The molecule has 1 aromatic rings. The summed E-state index contributed by atoms with van der Waals surface area (Å²) in [6, 6.07) is 2.32. The summed E-state index contributed by atoms with van der Waals surface area (Å²) < 4.78 is 0. The third kappa shape index (κ3) is 2.80. The molecule has 0 aliphatic heterocycles. The van der Waals surface area contributed by atoms with Crippen molar-refractivity contribution >= 4 is 11.3 Å². The zero-order valence-corrected chi connectivity index (χ0v) is 10.2. The lowest BCUT2D eigenvalue weighted by atomic mass is 9.88. The average Bonchev–Trinajstić information content (AvgIpc) is 2.73. The lowest BCUT2D eigenvalue weighted by Crippen LogP contribution is -2.29. The summed E-state index contributed by atoms with van der Waals surface area (Å²) in [4.78, 5) is 1.63. The monoisotopic (exact) mass is 224 g/mol. The summed E-state index contributed by atoms with van der Waals surface area (Å²) in [7, 11) is 2.00. The second-order valence-electron chi connectivity index (χ2n) is 4.20. The molecule has 1 aliphatic carbocycles. The van der Waals surface area contributed by atoms with Crippen LogP contribution in [0.1, 0.15) is 29.2 Å². The maximum atomic E-state index is 3.53. The molecule has 2 nitrogen and oxygen atoms in total. The number of thiophene rings is 1. The molecule has 15 heavy (non-hydrogen) atoms. The molecule has 1 aliphatic rings. The van der Waals surface area contributed by atoms with Crippen molar-refractivity contribution in [2.75, 3.05) is 26.7 Å². The van der Waals surface area contributed by atoms with E-state index >= 15 is 0 Å². The van der Waals surface area contributed by atoms with Gasteiger partial charge in [0.1, 0.15) is 0 Å². The van der Waals surface area contributed by atoms with Gasteiger partial charge in [0.2, 0.25) is 0 Å². The van der Waals surface area contributed by atoms with Crippen LogP contribution in [0, 0.1) is 0 Å². The maximum Gasteiger partial charge on any atom is 0.00805 e. The Kier molecular flexibility index (Phi) is 4.18. The summed E-state index contributed by atoms with van der Waals surface area (Å²) in [5, 5.41) is 8.93. The first kappa shape index (κ1) is 11.1. The van der Waals surface area contributed by atoms with Crippen LogP contribution in [0.15, 0.2) is 11.4 Å². The molecule has 2 N–H and O–H groups in total. The molecule has 1 unspecified atom stereocenters. The fourth-order valence-corrected chi connectivity index (χ4v) is 3.30. The van der Waals surface area contributed by atoms with Crippen molar-refractivity contribution in [3.8, 4) is 0 Å². The first-order chi connectivity index (χ1) is 7.42. The number of hydrogen-bond acceptors (Lipinski definition) is 3. The number of aryl methyl sites for hydroxylation is 1. The summed E-state index contributed by atoms with van der Waals surface area (Å²) in [6.45, 7) is 3.28. The fraction of sp³-hybridized carbons (Fsp3) is 0.667. The van der Waals surface area contributed by atoms with Crippen LogP contribution in [0.4, 0.5) is 0 Å². The zero-order chi connectivity index (χ0) is 10.5. The molecule has 0 saturated carbocycles. The van der Waals surface area contributed by atoms with Crippen LogP contribution in [0.2, 0.25) is 0 Å². The van der Waals surface area contributed by atoms with E-state index in [0.29, 0.717) is 0 Å². The normalized spacial score (nSPS) is 20.2. The summed E-state index contributed by atoms with van der Waals surface area (Å²) in [5.41, 5.74) is 1.61. The topological polar surface area (TPSA) is 24.1 Å². The molecule has 0 saturated heterocycles. The van der Waals surface area contributed by atoms with Crippen LogP contribution in [-0.4, -0.2) is 26.7 Å². The second kappa shape index (κ2) is 5.64. The fourth-order valence-electron chi connectivity index (χ4n) is 2.28. The Morgan fingerprint density at radius 1 is 1.47 bits per heavy atom. The number of rotatable bonds is 5. The van der Waals surface area contributed by atoms with Gasteiger partial charge in [0.25, 0.3) is 0 Å². The maximum absolute atomic E-state index is 3.53. The Balaban J connectivity index is 1.84. The minimum absolute atomic E-state index is 0.761. The van der Waals surface area contributed by atoms with Gasteiger partial charge in [-0.15, -0.1) is 11.3 Å². The Hall–Kier alpha value is -0.380. The van der Waals surface area contributed by atoms with Crippen molar-refractivity contribution in [2.24, 2.45) is 0 Å². The quantitative estimate of drug-likeness (QED) is 0.747. The summed E-state index contributed by atoms with van der Waals surface area (Å²) >= 11 is 1.93. The minimum Gasteiger partial charge on any atom is -0.318 e. The molecule has 0 bridgehead atoms.